The summed E-state index contributed by atoms with van der Waals surface area (Å²) in [6.45, 7) is 3.08. The van der Waals surface area contributed by atoms with Gasteiger partial charge in [-0.3, -0.25) is 9.78 Å². The molecule has 2 atom stereocenters. The van der Waals surface area contributed by atoms with Gasteiger partial charge in [0.25, 0.3) is 0 Å². The first-order valence-corrected chi connectivity index (χ1v) is 7.51. The van der Waals surface area contributed by atoms with Crippen LogP contribution in [0.2, 0.25) is 0 Å². The second-order valence-corrected chi connectivity index (χ2v) is 5.43. The van der Waals surface area contributed by atoms with Crippen molar-refractivity contribution in [2.45, 2.75) is 32.0 Å². The molecule has 122 valence electrons. The van der Waals surface area contributed by atoms with Crippen LogP contribution in [-0.2, 0) is 16.1 Å². The monoisotopic (exact) mass is 317 g/mol. The fourth-order valence-electron chi connectivity index (χ4n) is 2.41. The van der Waals surface area contributed by atoms with Crippen LogP contribution in [0.5, 0.6) is 5.75 Å². The summed E-state index contributed by atoms with van der Waals surface area (Å²) >= 11 is 0. The molecule has 23 heavy (non-hydrogen) atoms. The van der Waals surface area contributed by atoms with E-state index in [0.29, 0.717) is 25.4 Å². The van der Waals surface area contributed by atoms with Crippen molar-refractivity contribution in [3.8, 4) is 5.75 Å². The minimum Gasteiger partial charge on any atom is -0.484 e. The lowest BCUT2D eigenvalue weighted by atomic mass is 10.1. The van der Waals surface area contributed by atoms with Gasteiger partial charge in [0.15, 0.2) is 0 Å². The molecule has 0 saturated carbocycles. The zero-order chi connectivity index (χ0) is 16.1. The second-order valence-electron chi connectivity index (χ2n) is 5.43. The number of amides is 1. The standard InChI is InChI=1S/C15H19N5O3/c1-11-2-3-12(8-16-11)23-14-10-22-7-4-13(14)18-15(21)9-20-6-5-17-19-20/h2-3,5-6,8,13-14H,4,7,9-10H2,1H3,(H,18,21)/t13-,14+/m1/s1. The summed E-state index contributed by atoms with van der Waals surface area (Å²) in [5.74, 6) is 0.541. The molecular formula is C15H19N5O3. The molecule has 0 unspecified atom stereocenters. The lowest BCUT2D eigenvalue weighted by molar-refractivity contribution is -0.124. The minimum atomic E-state index is -0.243. The summed E-state index contributed by atoms with van der Waals surface area (Å²) in [5.41, 5.74) is 0.926. The topological polar surface area (TPSA) is 91.2 Å². The second kappa shape index (κ2) is 7.19. The summed E-state index contributed by atoms with van der Waals surface area (Å²) in [4.78, 5) is 16.3. The third kappa shape index (κ3) is 4.26. The molecule has 2 aromatic rings. The Morgan fingerprint density at radius 3 is 3.17 bits per heavy atom. The average molecular weight is 317 g/mol. The number of nitrogens with zero attached hydrogens (tertiary/aromatic N) is 4. The fourth-order valence-corrected chi connectivity index (χ4v) is 2.41. The van der Waals surface area contributed by atoms with Gasteiger partial charge < -0.3 is 14.8 Å². The molecule has 0 spiro atoms. The third-order valence-corrected chi connectivity index (χ3v) is 3.60. The predicted molar refractivity (Wildman–Crippen MR) is 80.8 cm³/mol. The smallest absolute Gasteiger partial charge is 0.242 e. The van der Waals surface area contributed by atoms with Crippen molar-refractivity contribution in [3.05, 3.63) is 36.4 Å². The molecule has 2 aromatic heterocycles. The number of nitrogens with one attached hydrogen (secondary N) is 1. The molecular weight excluding hydrogens is 298 g/mol. The van der Waals surface area contributed by atoms with Gasteiger partial charge in [0, 0.05) is 18.5 Å². The van der Waals surface area contributed by atoms with Crippen molar-refractivity contribution in [1.82, 2.24) is 25.3 Å². The molecule has 0 aromatic carbocycles. The Labute approximate surface area is 133 Å². The molecule has 1 aliphatic rings. The van der Waals surface area contributed by atoms with E-state index in [1.54, 1.807) is 12.4 Å². The number of carbonyl (C=O) groups excluding carboxylic acids is 1. The fraction of sp³-hybridized carbons (Fsp3) is 0.467. The van der Waals surface area contributed by atoms with Gasteiger partial charge in [-0.2, -0.15) is 0 Å². The lowest BCUT2D eigenvalue weighted by Gasteiger charge is -2.32. The van der Waals surface area contributed by atoms with Gasteiger partial charge in [-0.25, -0.2) is 4.68 Å². The van der Waals surface area contributed by atoms with Crippen LogP contribution in [0.25, 0.3) is 0 Å². The van der Waals surface area contributed by atoms with Crippen LogP contribution < -0.4 is 10.1 Å². The van der Waals surface area contributed by atoms with E-state index in [0.717, 1.165) is 5.69 Å². The molecule has 1 fully saturated rings. The maximum absolute atomic E-state index is 12.1. The number of pyridine rings is 1. The molecule has 0 radical (unpaired) electrons. The van der Waals surface area contributed by atoms with Gasteiger partial charge in [0.2, 0.25) is 5.91 Å². The highest BCUT2D eigenvalue weighted by molar-refractivity contribution is 5.76. The van der Waals surface area contributed by atoms with Crippen LogP contribution in [0.15, 0.2) is 30.7 Å². The number of aromatic nitrogens is 4. The molecule has 3 rings (SSSR count). The largest absolute Gasteiger partial charge is 0.484 e. The van der Waals surface area contributed by atoms with E-state index < -0.39 is 0 Å². The summed E-state index contributed by atoms with van der Waals surface area (Å²) in [5, 5.41) is 10.5. The summed E-state index contributed by atoms with van der Waals surface area (Å²) in [7, 11) is 0. The molecule has 8 heteroatoms. The van der Waals surface area contributed by atoms with E-state index in [4.69, 9.17) is 9.47 Å². The Bertz CT molecular complexity index is 629. The number of hydrogen-bond acceptors (Lipinski definition) is 6. The number of hydrogen-bond donors (Lipinski definition) is 1. The summed E-state index contributed by atoms with van der Waals surface area (Å²) in [6.07, 6.45) is 5.33. The quantitative estimate of drug-likeness (QED) is 0.855. The van der Waals surface area contributed by atoms with Crippen molar-refractivity contribution in [2.24, 2.45) is 0 Å². The Balaban J connectivity index is 1.59. The number of aryl methyl sites for hydroxylation is 1. The maximum atomic E-state index is 12.1. The van der Waals surface area contributed by atoms with E-state index in [1.165, 1.54) is 10.9 Å². The first-order valence-electron chi connectivity index (χ1n) is 7.51. The van der Waals surface area contributed by atoms with Gasteiger partial charge in [-0.05, 0) is 25.5 Å². The Morgan fingerprint density at radius 2 is 2.43 bits per heavy atom. The Kier molecular flexibility index (Phi) is 4.82. The first-order chi connectivity index (χ1) is 11.2. The molecule has 1 aliphatic heterocycles. The highest BCUT2D eigenvalue weighted by Gasteiger charge is 2.29. The van der Waals surface area contributed by atoms with Gasteiger partial charge >= 0.3 is 0 Å². The Morgan fingerprint density at radius 1 is 1.52 bits per heavy atom. The number of carbonyl (C=O) groups is 1. The minimum absolute atomic E-state index is 0.110. The molecule has 3 heterocycles. The molecule has 8 nitrogen and oxygen atoms in total. The number of rotatable bonds is 5. The van der Waals surface area contributed by atoms with Crippen LogP contribution in [0.1, 0.15) is 12.1 Å². The normalized spacial score (nSPS) is 20.9. The van der Waals surface area contributed by atoms with Crippen LogP contribution >= 0.6 is 0 Å². The van der Waals surface area contributed by atoms with Crippen LogP contribution in [-0.4, -0.2) is 51.2 Å². The van der Waals surface area contributed by atoms with E-state index in [9.17, 15) is 4.79 Å². The number of ether oxygens (including phenoxy) is 2. The van der Waals surface area contributed by atoms with Crippen molar-refractivity contribution >= 4 is 5.91 Å². The van der Waals surface area contributed by atoms with E-state index in [-0.39, 0.29) is 24.6 Å². The third-order valence-electron chi connectivity index (χ3n) is 3.60. The van der Waals surface area contributed by atoms with Gasteiger partial charge in [0.05, 0.1) is 25.0 Å². The SMILES string of the molecule is Cc1ccc(O[C@H]2COCC[C@H]2NC(=O)Cn2ccnn2)cn1. The van der Waals surface area contributed by atoms with Gasteiger partial charge in [-0.1, -0.05) is 5.21 Å². The zero-order valence-corrected chi connectivity index (χ0v) is 12.9. The average Bonchev–Trinajstić information content (AvgIpc) is 3.04. The molecule has 1 N–H and O–H groups in total. The van der Waals surface area contributed by atoms with Crippen LogP contribution in [0.4, 0.5) is 0 Å². The van der Waals surface area contributed by atoms with E-state index in [2.05, 4.69) is 20.6 Å². The van der Waals surface area contributed by atoms with Gasteiger partial charge in [0.1, 0.15) is 18.4 Å². The lowest BCUT2D eigenvalue weighted by Crippen LogP contribution is -2.52. The predicted octanol–water partition coefficient (Wildman–Crippen LogP) is 0.334. The van der Waals surface area contributed by atoms with Gasteiger partial charge in [-0.15, -0.1) is 5.10 Å². The van der Waals surface area contributed by atoms with E-state index in [1.807, 2.05) is 19.1 Å². The zero-order valence-electron chi connectivity index (χ0n) is 12.9. The highest BCUT2D eigenvalue weighted by atomic mass is 16.5. The van der Waals surface area contributed by atoms with Crippen molar-refractivity contribution < 1.29 is 14.3 Å². The first kappa shape index (κ1) is 15.4. The van der Waals surface area contributed by atoms with Crippen molar-refractivity contribution in [3.63, 3.8) is 0 Å². The molecule has 1 amide bonds. The van der Waals surface area contributed by atoms with E-state index >= 15 is 0 Å². The van der Waals surface area contributed by atoms with Crippen molar-refractivity contribution in [2.75, 3.05) is 13.2 Å². The molecule has 1 saturated heterocycles. The van der Waals surface area contributed by atoms with Crippen LogP contribution in [0.3, 0.4) is 0 Å². The molecule has 0 bridgehead atoms. The summed E-state index contributed by atoms with van der Waals surface area (Å²) < 4.78 is 12.9. The highest BCUT2D eigenvalue weighted by Crippen LogP contribution is 2.17. The van der Waals surface area contributed by atoms with Crippen LogP contribution in [0, 0.1) is 6.92 Å². The van der Waals surface area contributed by atoms with Crippen molar-refractivity contribution in [1.29, 1.82) is 0 Å². The maximum Gasteiger partial charge on any atom is 0.242 e. The Hall–Kier alpha value is -2.48. The summed E-state index contributed by atoms with van der Waals surface area (Å²) in [6, 6.07) is 3.64. The molecule has 0 aliphatic carbocycles.